The van der Waals surface area contributed by atoms with Crippen LogP contribution in [-0.4, -0.2) is 42.9 Å². The van der Waals surface area contributed by atoms with E-state index in [9.17, 15) is 9.59 Å². The van der Waals surface area contributed by atoms with Gasteiger partial charge in [-0.3, -0.25) is 9.59 Å². The van der Waals surface area contributed by atoms with Gasteiger partial charge in [0.25, 0.3) is 0 Å². The van der Waals surface area contributed by atoms with Crippen LogP contribution in [0.25, 0.3) is 0 Å². The standard InChI is InChI=1S/C9H19N3O2/c1-3-12(4-2)7-5-6-11-9(14)8(10)13/h3-7H2,1-2H3,(H2,10,13)(H,11,14). The summed E-state index contributed by atoms with van der Waals surface area (Å²) in [4.78, 5) is 23.3. The van der Waals surface area contributed by atoms with Crippen molar-refractivity contribution in [3.63, 3.8) is 0 Å². The van der Waals surface area contributed by atoms with Crippen LogP contribution in [-0.2, 0) is 9.59 Å². The van der Waals surface area contributed by atoms with Crippen molar-refractivity contribution >= 4 is 11.8 Å². The Bertz CT molecular complexity index is 190. The average Bonchev–Trinajstić information content (AvgIpc) is 2.17. The molecule has 0 fully saturated rings. The van der Waals surface area contributed by atoms with E-state index in [2.05, 4.69) is 24.1 Å². The maximum absolute atomic E-state index is 10.7. The fourth-order valence-electron chi connectivity index (χ4n) is 1.13. The van der Waals surface area contributed by atoms with Crippen molar-refractivity contribution in [1.29, 1.82) is 0 Å². The molecule has 2 amide bonds. The minimum absolute atomic E-state index is 0.498. The lowest BCUT2D eigenvalue weighted by molar-refractivity contribution is -0.137. The summed E-state index contributed by atoms with van der Waals surface area (Å²) in [5.41, 5.74) is 4.77. The van der Waals surface area contributed by atoms with Crippen LogP contribution in [0.5, 0.6) is 0 Å². The van der Waals surface area contributed by atoms with E-state index in [-0.39, 0.29) is 0 Å². The molecule has 5 nitrogen and oxygen atoms in total. The summed E-state index contributed by atoms with van der Waals surface area (Å²) in [5, 5.41) is 2.45. The van der Waals surface area contributed by atoms with E-state index in [0.717, 1.165) is 26.1 Å². The topological polar surface area (TPSA) is 75.4 Å². The second-order valence-corrected chi connectivity index (χ2v) is 3.00. The third kappa shape index (κ3) is 5.53. The number of carbonyl (C=O) groups excluding carboxylic acids is 2. The predicted octanol–water partition coefficient (Wildman–Crippen LogP) is -0.680. The van der Waals surface area contributed by atoms with Crippen LogP contribution in [0.4, 0.5) is 0 Å². The Hall–Kier alpha value is -1.10. The van der Waals surface area contributed by atoms with Crippen molar-refractivity contribution in [3.8, 4) is 0 Å². The van der Waals surface area contributed by atoms with Gasteiger partial charge in [-0.15, -0.1) is 0 Å². The van der Waals surface area contributed by atoms with Gasteiger partial charge >= 0.3 is 11.8 Å². The molecule has 0 saturated heterocycles. The first kappa shape index (κ1) is 12.9. The molecule has 82 valence electrons. The van der Waals surface area contributed by atoms with E-state index in [1.807, 2.05) is 0 Å². The van der Waals surface area contributed by atoms with Crippen LogP contribution in [0.1, 0.15) is 20.3 Å². The van der Waals surface area contributed by atoms with Crippen LogP contribution in [0.15, 0.2) is 0 Å². The Kier molecular flexibility index (Phi) is 6.74. The van der Waals surface area contributed by atoms with Gasteiger partial charge in [0.05, 0.1) is 0 Å². The number of hydrogen-bond donors (Lipinski definition) is 2. The van der Waals surface area contributed by atoms with Gasteiger partial charge in [-0.1, -0.05) is 13.8 Å². The molecule has 0 heterocycles. The third-order valence-corrected chi connectivity index (χ3v) is 2.05. The van der Waals surface area contributed by atoms with E-state index in [0.29, 0.717) is 6.54 Å². The van der Waals surface area contributed by atoms with E-state index < -0.39 is 11.8 Å². The SMILES string of the molecule is CCN(CC)CCCNC(=O)C(N)=O. The quantitative estimate of drug-likeness (QED) is 0.441. The normalized spacial score (nSPS) is 10.2. The Morgan fingerprint density at radius 2 is 1.86 bits per heavy atom. The maximum Gasteiger partial charge on any atom is 0.309 e. The molecule has 0 bridgehead atoms. The zero-order chi connectivity index (χ0) is 11.0. The minimum atomic E-state index is -0.923. The number of hydrogen-bond acceptors (Lipinski definition) is 3. The third-order valence-electron chi connectivity index (χ3n) is 2.05. The molecule has 3 N–H and O–H groups in total. The predicted molar refractivity (Wildman–Crippen MR) is 54.6 cm³/mol. The van der Waals surface area contributed by atoms with Gasteiger partial charge in [-0.25, -0.2) is 0 Å². The largest absolute Gasteiger partial charge is 0.361 e. The van der Waals surface area contributed by atoms with Crippen LogP contribution in [0.2, 0.25) is 0 Å². The molecular formula is C9H19N3O2. The molecular weight excluding hydrogens is 182 g/mol. The van der Waals surface area contributed by atoms with Gasteiger partial charge in [0, 0.05) is 6.54 Å². The number of primary amides is 1. The van der Waals surface area contributed by atoms with Gasteiger partial charge in [-0.05, 0) is 26.1 Å². The number of amides is 2. The molecule has 0 aliphatic rings. The second-order valence-electron chi connectivity index (χ2n) is 3.00. The smallest absolute Gasteiger partial charge is 0.309 e. The summed E-state index contributed by atoms with van der Waals surface area (Å²) >= 11 is 0. The zero-order valence-electron chi connectivity index (χ0n) is 8.88. The van der Waals surface area contributed by atoms with Crippen molar-refractivity contribution in [2.45, 2.75) is 20.3 Å². The lowest BCUT2D eigenvalue weighted by Gasteiger charge is -2.17. The summed E-state index contributed by atoms with van der Waals surface area (Å²) in [5.74, 6) is -1.63. The second kappa shape index (κ2) is 7.32. The summed E-state index contributed by atoms with van der Waals surface area (Å²) in [6, 6.07) is 0. The molecule has 0 spiro atoms. The Balaban J connectivity index is 3.46. The lowest BCUT2D eigenvalue weighted by atomic mass is 10.3. The molecule has 14 heavy (non-hydrogen) atoms. The first-order valence-corrected chi connectivity index (χ1v) is 4.91. The Morgan fingerprint density at radius 3 is 2.29 bits per heavy atom. The molecule has 0 aromatic rings. The number of rotatable bonds is 6. The number of nitrogens with zero attached hydrogens (tertiary/aromatic N) is 1. The van der Waals surface area contributed by atoms with Crippen molar-refractivity contribution in [1.82, 2.24) is 10.2 Å². The molecule has 0 radical (unpaired) electrons. The number of carbonyl (C=O) groups is 2. The lowest BCUT2D eigenvalue weighted by Crippen LogP contribution is -2.37. The monoisotopic (exact) mass is 201 g/mol. The Labute approximate surface area is 84.6 Å². The highest BCUT2D eigenvalue weighted by Crippen LogP contribution is 1.88. The molecule has 0 aliphatic carbocycles. The van der Waals surface area contributed by atoms with Gasteiger partial charge in [0.2, 0.25) is 0 Å². The maximum atomic E-state index is 10.7. The first-order valence-electron chi connectivity index (χ1n) is 4.91. The summed E-state index contributed by atoms with van der Waals surface area (Å²) in [7, 11) is 0. The highest BCUT2D eigenvalue weighted by atomic mass is 16.2. The van der Waals surface area contributed by atoms with Crippen molar-refractivity contribution in [2.24, 2.45) is 5.73 Å². The van der Waals surface area contributed by atoms with Crippen LogP contribution < -0.4 is 11.1 Å². The molecule has 0 unspecified atom stereocenters. The highest BCUT2D eigenvalue weighted by Gasteiger charge is 2.06. The highest BCUT2D eigenvalue weighted by molar-refractivity contribution is 6.34. The van der Waals surface area contributed by atoms with Crippen LogP contribution in [0, 0.1) is 0 Å². The fraction of sp³-hybridized carbons (Fsp3) is 0.778. The molecule has 0 aromatic carbocycles. The summed E-state index contributed by atoms with van der Waals surface area (Å²) in [6.45, 7) is 7.60. The fourth-order valence-corrected chi connectivity index (χ4v) is 1.13. The van der Waals surface area contributed by atoms with Gasteiger partial charge < -0.3 is 16.0 Å². The van der Waals surface area contributed by atoms with E-state index in [4.69, 9.17) is 5.73 Å². The Morgan fingerprint density at radius 1 is 1.29 bits per heavy atom. The van der Waals surface area contributed by atoms with Gasteiger partial charge in [0.15, 0.2) is 0 Å². The van der Waals surface area contributed by atoms with Crippen LogP contribution >= 0.6 is 0 Å². The summed E-state index contributed by atoms with van der Waals surface area (Å²) < 4.78 is 0. The van der Waals surface area contributed by atoms with Crippen molar-refractivity contribution in [2.75, 3.05) is 26.2 Å². The minimum Gasteiger partial charge on any atom is -0.361 e. The summed E-state index contributed by atoms with van der Waals surface area (Å²) in [6.07, 6.45) is 0.834. The van der Waals surface area contributed by atoms with Crippen molar-refractivity contribution in [3.05, 3.63) is 0 Å². The van der Waals surface area contributed by atoms with E-state index in [1.54, 1.807) is 0 Å². The van der Waals surface area contributed by atoms with Crippen LogP contribution in [0.3, 0.4) is 0 Å². The van der Waals surface area contributed by atoms with E-state index in [1.165, 1.54) is 0 Å². The molecule has 0 aromatic heterocycles. The van der Waals surface area contributed by atoms with Gasteiger partial charge in [0.1, 0.15) is 0 Å². The molecule has 0 rings (SSSR count). The molecule has 0 atom stereocenters. The van der Waals surface area contributed by atoms with Crippen molar-refractivity contribution < 1.29 is 9.59 Å². The first-order chi connectivity index (χ1) is 6.61. The van der Waals surface area contributed by atoms with E-state index >= 15 is 0 Å². The molecule has 0 aliphatic heterocycles. The zero-order valence-corrected chi connectivity index (χ0v) is 8.88. The van der Waals surface area contributed by atoms with Gasteiger partial charge in [-0.2, -0.15) is 0 Å². The average molecular weight is 201 g/mol. The molecule has 0 saturated carbocycles. The number of nitrogens with one attached hydrogen (secondary N) is 1. The number of nitrogens with two attached hydrogens (primary N) is 1. The molecule has 5 heteroatoms.